The summed E-state index contributed by atoms with van der Waals surface area (Å²) in [5, 5.41) is 8.91. The first-order valence-corrected chi connectivity index (χ1v) is 8.96. The number of ether oxygens (including phenoxy) is 1. The van der Waals surface area contributed by atoms with Crippen molar-refractivity contribution in [2.45, 2.75) is 51.9 Å². The fourth-order valence-electron chi connectivity index (χ4n) is 4.22. The summed E-state index contributed by atoms with van der Waals surface area (Å²) in [5.41, 5.74) is 5.04. The zero-order valence-electron chi connectivity index (χ0n) is 15.3. The summed E-state index contributed by atoms with van der Waals surface area (Å²) in [6.45, 7) is 5.43. The topological polar surface area (TPSA) is 65.2 Å². The second-order valence-electron chi connectivity index (χ2n) is 7.20. The van der Waals surface area contributed by atoms with Gasteiger partial charge in [-0.25, -0.2) is 0 Å². The summed E-state index contributed by atoms with van der Waals surface area (Å²) < 4.78 is 9.64. The van der Waals surface area contributed by atoms with Gasteiger partial charge in [-0.2, -0.15) is 10.2 Å². The van der Waals surface area contributed by atoms with Crippen molar-refractivity contribution in [2.75, 3.05) is 6.54 Å². The van der Waals surface area contributed by atoms with E-state index < -0.39 is 0 Å². The Bertz CT molecular complexity index is 822. The molecule has 0 saturated carbocycles. The van der Waals surface area contributed by atoms with Crippen molar-refractivity contribution in [1.29, 1.82) is 0 Å². The van der Waals surface area contributed by atoms with Crippen molar-refractivity contribution < 1.29 is 9.53 Å². The van der Waals surface area contributed by atoms with Crippen LogP contribution in [0.25, 0.3) is 0 Å². The minimum Gasteiger partial charge on any atom is -0.369 e. The number of amides is 1. The van der Waals surface area contributed by atoms with Gasteiger partial charge in [0.1, 0.15) is 0 Å². The van der Waals surface area contributed by atoms with Gasteiger partial charge in [0.2, 0.25) is 0 Å². The molecule has 0 N–H and O–H groups in total. The van der Waals surface area contributed by atoms with Gasteiger partial charge in [0.05, 0.1) is 24.1 Å². The maximum atomic E-state index is 13.2. The van der Waals surface area contributed by atoms with Crippen LogP contribution in [0.15, 0.2) is 6.20 Å². The van der Waals surface area contributed by atoms with Crippen LogP contribution in [0.2, 0.25) is 0 Å². The van der Waals surface area contributed by atoms with Gasteiger partial charge in [-0.3, -0.25) is 14.2 Å². The van der Waals surface area contributed by atoms with Crippen LogP contribution in [0, 0.1) is 0 Å². The molecule has 4 heterocycles. The minimum atomic E-state index is -0.0353. The molecule has 0 fully saturated rings. The zero-order chi connectivity index (χ0) is 17.7. The van der Waals surface area contributed by atoms with Gasteiger partial charge in [0.15, 0.2) is 5.69 Å². The Kier molecular flexibility index (Phi) is 3.91. The van der Waals surface area contributed by atoms with E-state index in [1.807, 2.05) is 41.5 Å². The Morgan fingerprint density at radius 2 is 2.08 bits per heavy atom. The van der Waals surface area contributed by atoms with Crippen LogP contribution in [0.4, 0.5) is 0 Å². The van der Waals surface area contributed by atoms with E-state index in [1.54, 1.807) is 0 Å². The van der Waals surface area contributed by atoms with Gasteiger partial charge >= 0.3 is 0 Å². The smallest absolute Gasteiger partial charge is 0.274 e. The molecular weight excluding hydrogens is 318 g/mol. The monoisotopic (exact) mass is 343 g/mol. The van der Waals surface area contributed by atoms with Crippen LogP contribution in [0.3, 0.4) is 0 Å². The number of fused-ring (bicyclic) bond motifs is 2. The van der Waals surface area contributed by atoms with E-state index in [4.69, 9.17) is 4.74 Å². The Labute approximate surface area is 147 Å². The van der Waals surface area contributed by atoms with Crippen LogP contribution in [0.1, 0.15) is 59.4 Å². The maximum absolute atomic E-state index is 13.2. The highest BCUT2D eigenvalue weighted by Gasteiger charge is 2.33. The number of nitrogens with zero attached hydrogens (tertiary/aromatic N) is 5. The summed E-state index contributed by atoms with van der Waals surface area (Å²) in [6.07, 6.45) is 4.59. The van der Waals surface area contributed by atoms with E-state index in [-0.39, 0.29) is 18.1 Å². The molecule has 2 aromatic rings. The lowest BCUT2D eigenvalue weighted by molar-refractivity contribution is -0.00906. The molecule has 2 aliphatic heterocycles. The van der Waals surface area contributed by atoms with Crippen LogP contribution in [-0.2, 0) is 38.2 Å². The third-order valence-corrected chi connectivity index (χ3v) is 5.35. The molecule has 0 bridgehead atoms. The van der Waals surface area contributed by atoms with Crippen LogP contribution >= 0.6 is 0 Å². The SMILES string of the molecule is C[C@@H]1Cc2c(C(=O)N3CCCc4c(cnn4C)C3)nn(C)c2[C@H](C)O1. The Morgan fingerprint density at radius 1 is 1.28 bits per heavy atom. The van der Waals surface area contributed by atoms with Gasteiger partial charge < -0.3 is 9.64 Å². The standard InChI is InChI=1S/C18H25N5O2/c1-11-8-14-16(20-22(4)17(14)12(2)25-11)18(24)23-7-5-6-15-13(10-23)9-19-21(15)3/h9,11-12H,5-8,10H2,1-4H3/t11-,12+/m1/s1. The molecule has 25 heavy (non-hydrogen) atoms. The largest absolute Gasteiger partial charge is 0.369 e. The van der Waals surface area contributed by atoms with Crippen LogP contribution in [-0.4, -0.2) is 43.0 Å². The Hall–Kier alpha value is -2.15. The summed E-state index contributed by atoms with van der Waals surface area (Å²) in [7, 11) is 3.86. The summed E-state index contributed by atoms with van der Waals surface area (Å²) in [5.74, 6) is 0.0230. The zero-order valence-corrected chi connectivity index (χ0v) is 15.3. The summed E-state index contributed by atoms with van der Waals surface area (Å²) in [6, 6.07) is 0. The molecule has 0 aromatic carbocycles. The number of hydrogen-bond donors (Lipinski definition) is 0. The van der Waals surface area contributed by atoms with Crippen LogP contribution in [0.5, 0.6) is 0 Å². The van der Waals surface area contributed by atoms with E-state index in [9.17, 15) is 4.79 Å². The van der Waals surface area contributed by atoms with Gasteiger partial charge in [0.25, 0.3) is 5.91 Å². The first-order valence-electron chi connectivity index (χ1n) is 8.96. The normalized spacial score (nSPS) is 23.1. The third-order valence-electron chi connectivity index (χ3n) is 5.35. The minimum absolute atomic E-state index is 0.0230. The number of aromatic nitrogens is 4. The molecule has 134 valence electrons. The molecule has 1 amide bonds. The molecule has 0 unspecified atom stereocenters. The molecule has 0 spiro atoms. The van der Waals surface area contributed by atoms with Gasteiger partial charge in [-0.1, -0.05) is 0 Å². The Balaban J connectivity index is 1.67. The molecule has 7 heteroatoms. The molecule has 2 aliphatic rings. The third kappa shape index (κ3) is 2.66. The quantitative estimate of drug-likeness (QED) is 0.791. The second-order valence-corrected chi connectivity index (χ2v) is 7.20. The van der Waals surface area contributed by atoms with Gasteiger partial charge in [-0.15, -0.1) is 0 Å². The lowest BCUT2D eigenvalue weighted by Gasteiger charge is -2.27. The highest BCUT2D eigenvalue weighted by atomic mass is 16.5. The molecule has 0 saturated heterocycles. The number of rotatable bonds is 1. The summed E-state index contributed by atoms with van der Waals surface area (Å²) >= 11 is 0. The maximum Gasteiger partial charge on any atom is 0.274 e. The van der Waals surface area contributed by atoms with Crippen molar-refractivity contribution in [3.05, 3.63) is 34.4 Å². The van der Waals surface area contributed by atoms with Crippen molar-refractivity contribution >= 4 is 5.91 Å². The number of carbonyl (C=O) groups excluding carboxylic acids is 1. The predicted octanol–water partition coefficient (Wildman–Crippen LogP) is 1.76. The second kappa shape index (κ2) is 5.98. The lowest BCUT2D eigenvalue weighted by Crippen LogP contribution is -2.32. The fourth-order valence-corrected chi connectivity index (χ4v) is 4.22. The van der Waals surface area contributed by atoms with E-state index >= 15 is 0 Å². The fraction of sp³-hybridized carbons (Fsp3) is 0.611. The van der Waals surface area contributed by atoms with E-state index in [0.29, 0.717) is 12.2 Å². The molecule has 0 radical (unpaired) electrons. The average molecular weight is 343 g/mol. The van der Waals surface area contributed by atoms with E-state index in [2.05, 4.69) is 17.1 Å². The van der Waals surface area contributed by atoms with Crippen molar-refractivity contribution in [3.63, 3.8) is 0 Å². The van der Waals surface area contributed by atoms with Crippen molar-refractivity contribution in [3.8, 4) is 0 Å². The molecule has 2 atom stereocenters. The molecule has 0 aliphatic carbocycles. The lowest BCUT2D eigenvalue weighted by atomic mass is 9.99. The Morgan fingerprint density at radius 3 is 2.88 bits per heavy atom. The predicted molar refractivity (Wildman–Crippen MR) is 92.1 cm³/mol. The first-order chi connectivity index (χ1) is 12.0. The van der Waals surface area contributed by atoms with Crippen molar-refractivity contribution in [2.24, 2.45) is 14.1 Å². The highest BCUT2D eigenvalue weighted by Crippen LogP contribution is 2.32. The number of hydrogen-bond acceptors (Lipinski definition) is 4. The van der Waals surface area contributed by atoms with Crippen LogP contribution < -0.4 is 0 Å². The number of carbonyl (C=O) groups is 1. The molecule has 7 nitrogen and oxygen atoms in total. The van der Waals surface area contributed by atoms with E-state index in [0.717, 1.165) is 42.6 Å². The first kappa shape index (κ1) is 16.3. The molecular formula is C18H25N5O2. The molecule has 4 rings (SSSR count). The number of aryl methyl sites for hydroxylation is 2. The van der Waals surface area contributed by atoms with E-state index in [1.165, 1.54) is 5.69 Å². The van der Waals surface area contributed by atoms with Gasteiger partial charge in [0, 0.05) is 50.4 Å². The summed E-state index contributed by atoms with van der Waals surface area (Å²) in [4.78, 5) is 15.2. The average Bonchev–Trinajstić information content (AvgIpc) is 2.98. The molecule has 2 aromatic heterocycles. The highest BCUT2D eigenvalue weighted by molar-refractivity contribution is 5.94. The van der Waals surface area contributed by atoms with Gasteiger partial charge in [-0.05, 0) is 26.7 Å². The van der Waals surface area contributed by atoms with Crippen molar-refractivity contribution in [1.82, 2.24) is 24.5 Å².